The van der Waals surface area contributed by atoms with Gasteiger partial charge < -0.3 is 0 Å². The van der Waals surface area contributed by atoms with Crippen LogP contribution in [0.1, 0.15) is 37.8 Å². The van der Waals surface area contributed by atoms with Gasteiger partial charge in [0.25, 0.3) is 0 Å². The van der Waals surface area contributed by atoms with Crippen LogP contribution < -0.4 is 0 Å². The SMILES string of the molecule is CCCC(C)(CCl)Cc1cccc(C)c1. The molecular weight excluding hydrogens is 204 g/mol. The Morgan fingerprint density at radius 1 is 1.33 bits per heavy atom. The van der Waals surface area contributed by atoms with E-state index in [1.165, 1.54) is 24.0 Å². The van der Waals surface area contributed by atoms with E-state index < -0.39 is 0 Å². The van der Waals surface area contributed by atoms with Gasteiger partial charge in [-0.05, 0) is 30.7 Å². The van der Waals surface area contributed by atoms with Crippen molar-refractivity contribution in [3.05, 3.63) is 35.4 Å². The fraction of sp³-hybridized carbons (Fsp3) is 0.571. The van der Waals surface area contributed by atoms with Crippen LogP contribution in [0.15, 0.2) is 24.3 Å². The zero-order valence-corrected chi connectivity index (χ0v) is 10.8. The fourth-order valence-electron chi connectivity index (χ4n) is 2.12. The van der Waals surface area contributed by atoms with Crippen LogP contribution in [-0.4, -0.2) is 5.88 Å². The molecule has 0 saturated carbocycles. The van der Waals surface area contributed by atoms with Gasteiger partial charge in [0.1, 0.15) is 0 Å². The average Bonchev–Trinajstić information content (AvgIpc) is 2.18. The van der Waals surface area contributed by atoms with Crippen molar-refractivity contribution >= 4 is 11.6 Å². The first-order valence-electron chi connectivity index (χ1n) is 5.71. The zero-order valence-electron chi connectivity index (χ0n) is 10.0. The number of rotatable bonds is 5. The maximum absolute atomic E-state index is 6.08. The summed E-state index contributed by atoms with van der Waals surface area (Å²) >= 11 is 6.08. The standard InChI is InChI=1S/C14H21Cl/c1-4-8-14(3,11-15)10-13-7-5-6-12(2)9-13/h5-7,9H,4,8,10-11H2,1-3H3. The summed E-state index contributed by atoms with van der Waals surface area (Å²) in [5.74, 6) is 0.745. The van der Waals surface area contributed by atoms with Gasteiger partial charge in [-0.25, -0.2) is 0 Å². The molecule has 1 aromatic carbocycles. The van der Waals surface area contributed by atoms with Gasteiger partial charge in [-0.1, -0.05) is 50.1 Å². The lowest BCUT2D eigenvalue weighted by Gasteiger charge is -2.26. The summed E-state index contributed by atoms with van der Waals surface area (Å²) in [6, 6.07) is 8.74. The minimum atomic E-state index is 0.254. The van der Waals surface area contributed by atoms with Gasteiger partial charge in [-0.15, -0.1) is 11.6 Å². The van der Waals surface area contributed by atoms with Crippen molar-refractivity contribution in [3.8, 4) is 0 Å². The molecule has 1 heteroatoms. The molecule has 15 heavy (non-hydrogen) atoms. The first-order chi connectivity index (χ1) is 7.09. The van der Waals surface area contributed by atoms with Crippen LogP contribution in [0.5, 0.6) is 0 Å². The fourth-order valence-corrected chi connectivity index (χ4v) is 2.35. The monoisotopic (exact) mass is 224 g/mol. The molecule has 0 bridgehead atoms. The van der Waals surface area contributed by atoms with Gasteiger partial charge in [0.2, 0.25) is 0 Å². The molecule has 0 aromatic heterocycles. The molecule has 1 atom stereocenters. The lowest BCUT2D eigenvalue weighted by Crippen LogP contribution is -2.21. The van der Waals surface area contributed by atoms with Crippen molar-refractivity contribution in [2.45, 2.75) is 40.0 Å². The molecule has 0 nitrogen and oxygen atoms in total. The van der Waals surface area contributed by atoms with Crippen molar-refractivity contribution < 1.29 is 0 Å². The Hall–Kier alpha value is -0.490. The van der Waals surface area contributed by atoms with Crippen LogP contribution in [0.3, 0.4) is 0 Å². The van der Waals surface area contributed by atoms with Gasteiger partial charge in [0.15, 0.2) is 0 Å². The second kappa shape index (κ2) is 5.55. The molecule has 0 radical (unpaired) electrons. The maximum atomic E-state index is 6.08. The molecule has 0 aliphatic heterocycles. The molecule has 0 amide bonds. The highest BCUT2D eigenvalue weighted by Crippen LogP contribution is 2.29. The van der Waals surface area contributed by atoms with E-state index in [2.05, 4.69) is 45.0 Å². The molecule has 1 rings (SSSR count). The predicted octanol–water partition coefficient (Wildman–Crippen LogP) is 4.58. The third kappa shape index (κ3) is 3.87. The van der Waals surface area contributed by atoms with E-state index in [4.69, 9.17) is 11.6 Å². The van der Waals surface area contributed by atoms with Gasteiger partial charge >= 0.3 is 0 Å². The number of aryl methyl sites for hydroxylation is 1. The van der Waals surface area contributed by atoms with Crippen LogP contribution in [0.25, 0.3) is 0 Å². The number of alkyl halides is 1. The van der Waals surface area contributed by atoms with Crippen LogP contribution in [0, 0.1) is 12.3 Å². The van der Waals surface area contributed by atoms with Gasteiger partial charge in [0.05, 0.1) is 0 Å². The first-order valence-corrected chi connectivity index (χ1v) is 6.24. The number of benzene rings is 1. The summed E-state index contributed by atoms with van der Waals surface area (Å²) < 4.78 is 0. The molecule has 1 unspecified atom stereocenters. The lowest BCUT2D eigenvalue weighted by molar-refractivity contribution is 0.335. The molecule has 84 valence electrons. The predicted molar refractivity (Wildman–Crippen MR) is 68.6 cm³/mol. The van der Waals surface area contributed by atoms with Crippen LogP contribution in [0.2, 0.25) is 0 Å². The molecule has 0 aliphatic rings. The molecule has 0 fully saturated rings. The van der Waals surface area contributed by atoms with E-state index in [0.717, 1.165) is 12.3 Å². The second-order valence-corrected chi connectivity index (χ2v) is 5.13. The number of halogens is 1. The highest BCUT2D eigenvalue weighted by atomic mass is 35.5. The summed E-state index contributed by atoms with van der Waals surface area (Å²) in [6.45, 7) is 6.65. The largest absolute Gasteiger partial charge is 0.126 e. The van der Waals surface area contributed by atoms with Gasteiger partial charge in [-0.3, -0.25) is 0 Å². The van der Waals surface area contributed by atoms with Crippen LogP contribution >= 0.6 is 11.6 Å². The summed E-state index contributed by atoms with van der Waals surface area (Å²) in [6.07, 6.45) is 3.49. The third-order valence-electron chi connectivity index (χ3n) is 2.89. The Kier molecular flexibility index (Phi) is 4.66. The van der Waals surface area contributed by atoms with Crippen molar-refractivity contribution in [2.75, 3.05) is 5.88 Å². The Labute approximate surface area is 98.7 Å². The van der Waals surface area contributed by atoms with Crippen molar-refractivity contribution in [2.24, 2.45) is 5.41 Å². The summed E-state index contributed by atoms with van der Waals surface area (Å²) in [4.78, 5) is 0. The Morgan fingerprint density at radius 3 is 2.60 bits per heavy atom. The normalized spacial score (nSPS) is 14.9. The Bertz CT molecular complexity index is 306. The summed E-state index contributed by atoms with van der Waals surface area (Å²) in [7, 11) is 0. The minimum Gasteiger partial charge on any atom is -0.126 e. The first kappa shape index (κ1) is 12.6. The van der Waals surface area contributed by atoms with E-state index in [1.807, 2.05) is 0 Å². The smallest absolute Gasteiger partial charge is 0.0280 e. The van der Waals surface area contributed by atoms with E-state index in [9.17, 15) is 0 Å². The van der Waals surface area contributed by atoms with Crippen molar-refractivity contribution in [3.63, 3.8) is 0 Å². The zero-order chi connectivity index (χ0) is 11.3. The van der Waals surface area contributed by atoms with Crippen LogP contribution in [-0.2, 0) is 6.42 Å². The highest BCUT2D eigenvalue weighted by molar-refractivity contribution is 6.18. The highest BCUT2D eigenvalue weighted by Gasteiger charge is 2.22. The van der Waals surface area contributed by atoms with E-state index in [1.54, 1.807) is 0 Å². The average molecular weight is 225 g/mol. The number of hydrogen-bond donors (Lipinski definition) is 0. The lowest BCUT2D eigenvalue weighted by atomic mass is 9.81. The molecule has 0 N–H and O–H groups in total. The van der Waals surface area contributed by atoms with E-state index in [0.29, 0.717) is 0 Å². The molecular formula is C14H21Cl. The Balaban J connectivity index is 2.74. The van der Waals surface area contributed by atoms with Crippen LogP contribution in [0.4, 0.5) is 0 Å². The molecule has 0 aliphatic carbocycles. The topological polar surface area (TPSA) is 0 Å². The van der Waals surface area contributed by atoms with Gasteiger partial charge in [-0.2, -0.15) is 0 Å². The Morgan fingerprint density at radius 2 is 2.07 bits per heavy atom. The third-order valence-corrected chi connectivity index (χ3v) is 3.53. The number of hydrogen-bond acceptors (Lipinski definition) is 0. The molecule has 0 saturated heterocycles. The van der Waals surface area contributed by atoms with Gasteiger partial charge in [0, 0.05) is 5.88 Å². The van der Waals surface area contributed by atoms with Crippen molar-refractivity contribution in [1.29, 1.82) is 0 Å². The molecule has 0 heterocycles. The maximum Gasteiger partial charge on any atom is 0.0280 e. The van der Waals surface area contributed by atoms with Crippen molar-refractivity contribution in [1.82, 2.24) is 0 Å². The summed E-state index contributed by atoms with van der Waals surface area (Å²) in [5.41, 5.74) is 3.00. The van der Waals surface area contributed by atoms with E-state index >= 15 is 0 Å². The quantitative estimate of drug-likeness (QED) is 0.643. The minimum absolute atomic E-state index is 0.254. The van der Waals surface area contributed by atoms with E-state index in [-0.39, 0.29) is 5.41 Å². The molecule has 0 spiro atoms. The molecule has 1 aromatic rings. The summed E-state index contributed by atoms with van der Waals surface area (Å²) in [5, 5.41) is 0. The second-order valence-electron chi connectivity index (χ2n) is 4.86.